The summed E-state index contributed by atoms with van der Waals surface area (Å²) in [5.41, 5.74) is 2.16. The predicted octanol–water partition coefficient (Wildman–Crippen LogP) is 4.22. The molecule has 0 heteroatoms. The molecule has 2 aromatic rings. The van der Waals surface area contributed by atoms with E-state index in [1.165, 1.54) is 10.8 Å². The van der Waals surface area contributed by atoms with Crippen molar-refractivity contribution in [2.45, 2.75) is 20.8 Å². The molecular weight excluding hydrogens is 216 g/mol. The van der Waals surface area contributed by atoms with Crippen LogP contribution in [-0.2, 0) is 0 Å². The van der Waals surface area contributed by atoms with Crippen molar-refractivity contribution in [1.29, 1.82) is 0 Å². The van der Waals surface area contributed by atoms with Crippen LogP contribution in [0.3, 0.4) is 0 Å². The highest BCUT2D eigenvalue weighted by atomic mass is 14.0. The van der Waals surface area contributed by atoms with Crippen LogP contribution in [0, 0.1) is 29.6 Å². The topological polar surface area (TPSA) is 0 Å². The Hall–Kier alpha value is -2.18. The van der Waals surface area contributed by atoms with Crippen LogP contribution in [-0.4, -0.2) is 0 Å². The normalized spacial score (nSPS) is 9.56. The fraction of sp³-hybridized carbons (Fsp3) is 0.222. The molecule has 0 amide bonds. The minimum Gasteiger partial charge on any atom is -0.101 e. The van der Waals surface area contributed by atoms with E-state index >= 15 is 0 Å². The van der Waals surface area contributed by atoms with Gasteiger partial charge in [0.2, 0.25) is 0 Å². The first kappa shape index (κ1) is 12.3. The summed E-state index contributed by atoms with van der Waals surface area (Å²) >= 11 is 0. The van der Waals surface area contributed by atoms with Gasteiger partial charge in [-0.15, -0.1) is 5.92 Å². The molecule has 2 aromatic carbocycles. The third-order valence-corrected chi connectivity index (χ3v) is 2.68. The number of benzene rings is 2. The van der Waals surface area contributed by atoms with E-state index in [4.69, 9.17) is 0 Å². The zero-order valence-corrected chi connectivity index (χ0v) is 11.0. The summed E-state index contributed by atoms with van der Waals surface area (Å²) in [6.45, 7) is 6.07. The molecule has 0 aliphatic heterocycles. The molecule has 18 heavy (non-hydrogen) atoms. The average molecular weight is 232 g/mol. The van der Waals surface area contributed by atoms with Crippen molar-refractivity contribution in [3.8, 4) is 23.7 Å². The van der Waals surface area contributed by atoms with Crippen LogP contribution in [0.5, 0.6) is 0 Å². The Bertz CT molecular complexity index is 683. The van der Waals surface area contributed by atoms with E-state index in [-0.39, 0.29) is 0 Å². The lowest BCUT2D eigenvalue weighted by molar-refractivity contribution is 0.867. The molecular formula is C18H16. The average Bonchev–Trinajstić information content (AvgIpc) is 2.37. The molecule has 0 saturated heterocycles. The van der Waals surface area contributed by atoms with Crippen molar-refractivity contribution in [1.82, 2.24) is 0 Å². The Morgan fingerprint density at radius 2 is 1.39 bits per heavy atom. The first-order chi connectivity index (χ1) is 8.72. The van der Waals surface area contributed by atoms with Crippen LogP contribution >= 0.6 is 0 Å². The molecule has 2 rings (SSSR count). The molecule has 0 N–H and O–H groups in total. The standard InChI is InChI=1S/C18H16/c1-4-7-15-8-5-11-18-16(13-12-14(2)3)9-6-10-17(15)18/h5-6,8-11,14H,1-3H3. The minimum atomic E-state index is 0.388. The van der Waals surface area contributed by atoms with Gasteiger partial charge >= 0.3 is 0 Å². The van der Waals surface area contributed by atoms with E-state index < -0.39 is 0 Å². The van der Waals surface area contributed by atoms with Crippen LogP contribution in [0.25, 0.3) is 10.8 Å². The van der Waals surface area contributed by atoms with E-state index in [2.05, 4.69) is 61.8 Å². The second-order valence-electron chi connectivity index (χ2n) is 4.51. The smallest absolute Gasteiger partial charge is 0.0324 e. The summed E-state index contributed by atoms with van der Waals surface area (Å²) in [5.74, 6) is 13.0. The van der Waals surface area contributed by atoms with Crippen molar-refractivity contribution in [2.24, 2.45) is 5.92 Å². The molecule has 0 saturated carbocycles. The quantitative estimate of drug-likeness (QED) is 0.597. The van der Waals surface area contributed by atoms with Gasteiger partial charge in [0.25, 0.3) is 0 Å². The second kappa shape index (κ2) is 5.44. The molecule has 0 radical (unpaired) electrons. The van der Waals surface area contributed by atoms with Gasteiger partial charge < -0.3 is 0 Å². The zero-order chi connectivity index (χ0) is 13.0. The molecule has 0 nitrogen and oxygen atoms in total. The SMILES string of the molecule is CC#Cc1cccc2c(C#CC(C)C)cccc12. The van der Waals surface area contributed by atoms with E-state index in [0.29, 0.717) is 5.92 Å². The van der Waals surface area contributed by atoms with E-state index in [1.807, 2.05) is 19.1 Å². The largest absolute Gasteiger partial charge is 0.101 e. The van der Waals surface area contributed by atoms with Crippen LogP contribution in [0.4, 0.5) is 0 Å². The van der Waals surface area contributed by atoms with Gasteiger partial charge in [0, 0.05) is 17.0 Å². The molecule has 0 aromatic heterocycles. The molecule has 0 heterocycles. The lowest BCUT2D eigenvalue weighted by Gasteiger charge is -2.03. The molecule has 0 bridgehead atoms. The maximum absolute atomic E-state index is 3.26. The van der Waals surface area contributed by atoms with Crippen molar-refractivity contribution >= 4 is 10.8 Å². The fourth-order valence-electron chi connectivity index (χ4n) is 1.88. The number of rotatable bonds is 0. The van der Waals surface area contributed by atoms with Crippen molar-refractivity contribution in [3.05, 3.63) is 47.5 Å². The Balaban J connectivity index is 2.67. The molecule has 88 valence electrons. The molecule has 0 unspecified atom stereocenters. The fourth-order valence-corrected chi connectivity index (χ4v) is 1.88. The molecule has 0 spiro atoms. The van der Waals surface area contributed by atoms with E-state index in [0.717, 1.165) is 11.1 Å². The van der Waals surface area contributed by atoms with Gasteiger partial charge in [-0.2, -0.15) is 0 Å². The predicted molar refractivity (Wildman–Crippen MR) is 78.2 cm³/mol. The van der Waals surface area contributed by atoms with Gasteiger partial charge in [0.1, 0.15) is 0 Å². The summed E-state index contributed by atoms with van der Waals surface area (Å²) in [6, 6.07) is 12.4. The van der Waals surface area contributed by atoms with Gasteiger partial charge in [0.05, 0.1) is 0 Å². The van der Waals surface area contributed by atoms with Crippen molar-refractivity contribution < 1.29 is 0 Å². The minimum absolute atomic E-state index is 0.388. The number of fused-ring (bicyclic) bond motifs is 1. The Labute approximate surface area is 109 Å². The Kier molecular flexibility index (Phi) is 3.71. The van der Waals surface area contributed by atoms with Crippen LogP contribution in [0.15, 0.2) is 36.4 Å². The van der Waals surface area contributed by atoms with Crippen molar-refractivity contribution in [3.63, 3.8) is 0 Å². The van der Waals surface area contributed by atoms with Gasteiger partial charge in [-0.1, -0.05) is 55.9 Å². The maximum Gasteiger partial charge on any atom is 0.0324 e. The summed E-state index contributed by atoms with van der Waals surface area (Å²) < 4.78 is 0. The van der Waals surface area contributed by atoms with Gasteiger partial charge in [-0.3, -0.25) is 0 Å². The third kappa shape index (κ3) is 2.55. The second-order valence-corrected chi connectivity index (χ2v) is 4.51. The van der Waals surface area contributed by atoms with Crippen LogP contribution in [0.1, 0.15) is 31.9 Å². The molecule has 0 aliphatic rings. The summed E-state index contributed by atoms with van der Waals surface area (Å²) in [7, 11) is 0. The first-order valence-corrected chi connectivity index (χ1v) is 6.18. The molecule has 0 atom stereocenters. The van der Waals surface area contributed by atoms with Gasteiger partial charge in [-0.25, -0.2) is 0 Å². The van der Waals surface area contributed by atoms with Crippen molar-refractivity contribution in [2.75, 3.05) is 0 Å². The van der Waals surface area contributed by atoms with Gasteiger partial charge in [-0.05, 0) is 29.8 Å². The Morgan fingerprint density at radius 3 is 1.89 bits per heavy atom. The highest BCUT2D eigenvalue weighted by Gasteiger charge is 2.01. The first-order valence-electron chi connectivity index (χ1n) is 6.18. The van der Waals surface area contributed by atoms with Gasteiger partial charge in [0.15, 0.2) is 0 Å². The highest BCUT2D eigenvalue weighted by Crippen LogP contribution is 2.21. The number of hydrogen-bond acceptors (Lipinski definition) is 0. The lowest BCUT2D eigenvalue weighted by Crippen LogP contribution is -1.85. The lowest BCUT2D eigenvalue weighted by atomic mass is 10.00. The third-order valence-electron chi connectivity index (χ3n) is 2.68. The summed E-state index contributed by atoms with van der Waals surface area (Å²) in [5, 5.41) is 2.37. The molecule has 0 fully saturated rings. The molecule has 0 aliphatic carbocycles. The van der Waals surface area contributed by atoms with Crippen LogP contribution < -0.4 is 0 Å². The number of hydrogen-bond donors (Lipinski definition) is 0. The summed E-state index contributed by atoms with van der Waals surface area (Å²) in [6.07, 6.45) is 0. The summed E-state index contributed by atoms with van der Waals surface area (Å²) in [4.78, 5) is 0. The highest BCUT2D eigenvalue weighted by molar-refractivity contribution is 5.92. The van der Waals surface area contributed by atoms with E-state index in [9.17, 15) is 0 Å². The van der Waals surface area contributed by atoms with Crippen LogP contribution in [0.2, 0.25) is 0 Å². The zero-order valence-electron chi connectivity index (χ0n) is 11.0. The van der Waals surface area contributed by atoms with E-state index in [1.54, 1.807) is 0 Å². The Morgan fingerprint density at radius 1 is 0.833 bits per heavy atom. The maximum atomic E-state index is 3.26. The monoisotopic (exact) mass is 232 g/mol.